The van der Waals surface area contributed by atoms with Crippen molar-refractivity contribution in [2.45, 2.75) is 6.61 Å². The molecule has 0 unspecified atom stereocenters. The van der Waals surface area contributed by atoms with Crippen LogP contribution in [0.25, 0.3) is 10.8 Å². The molecule has 0 N–H and O–H groups in total. The summed E-state index contributed by atoms with van der Waals surface area (Å²) >= 11 is 0. The molecule has 0 atom stereocenters. The van der Waals surface area contributed by atoms with Crippen LogP contribution in [0.4, 0.5) is 4.39 Å². The van der Waals surface area contributed by atoms with Gasteiger partial charge < -0.3 is 4.74 Å². The predicted octanol–water partition coefficient (Wildman–Crippen LogP) is 3.95. The summed E-state index contributed by atoms with van der Waals surface area (Å²) in [6.45, 7) is 0.252. The number of aromatic nitrogens is 1. The van der Waals surface area contributed by atoms with Gasteiger partial charge in [0.25, 0.3) is 0 Å². The van der Waals surface area contributed by atoms with Gasteiger partial charge in [-0.1, -0.05) is 36.4 Å². The number of halogens is 1. The zero-order valence-corrected chi connectivity index (χ0v) is 10.2. The SMILES string of the molecule is Fc1ccccc1OCc1nccc2ccccc12. The summed E-state index contributed by atoms with van der Waals surface area (Å²) in [5, 5.41) is 2.13. The molecule has 2 aromatic carbocycles. The van der Waals surface area contributed by atoms with Crippen molar-refractivity contribution < 1.29 is 9.13 Å². The fraction of sp³-hybridized carbons (Fsp3) is 0.0625. The first kappa shape index (κ1) is 11.7. The summed E-state index contributed by atoms with van der Waals surface area (Å²) in [6, 6.07) is 16.3. The second-order valence-corrected chi connectivity index (χ2v) is 4.20. The zero-order chi connectivity index (χ0) is 13.1. The average Bonchev–Trinajstić information content (AvgIpc) is 2.46. The third-order valence-electron chi connectivity index (χ3n) is 2.96. The molecule has 0 aliphatic rings. The van der Waals surface area contributed by atoms with Crippen LogP contribution in [-0.2, 0) is 6.61 Å². The van der Waals surface area contributed by atoms with Gasteiger partial charge in [-0.25, -0.2) is 4.39 Å². The van der Waals surface area contributed by atoms with Crippen LogP contribution in [0.3, 0.4) is 0 Å². The largest absolute Gasteiger partial charge is 0.484 e. The Morgan fingerprint density at radius 3 is 2.63 bits per heavy atom. The van der Waals surface area contributed by atoms with Crippen molar-refractivity contribution in [3.05, 3.63) is 72.3 Å². The fourth-order valence-electron chi connectivity index (χ4n) is 2.01. The van der Waals surface area contributed by atoms with Gasteiger partial charge in [-0.3, -0.25) is 4.98 Å². The van der Waals surface area contributed by atoms with Gasteiger partial charge in [0.05, 0.1) is 5.69 Å². The molecule has 0 spiro atoms. The molecule has 19 heavy (non-hydrogen) atoms. The molecular weight excluding hydrogens is 241 g/mol. The Labute approximate surface area is 110 Å². The quantitative estimate of drug-likeness (QED) is 0.705. The summed E-state index contributed by atoms with van der Waals surface area (Å²) in [4.78, 5) is 4.30. The van der Waals surface area contributed by atoms with E-state index in [0.29, 0.717) is 0 Å². The normalized spacial score (nSPS) is 10.6. The van der Waals surface area contributed by atoms with Crippen molar-refractivity contribution in [1.82, 2.24) is 4.98 Å². The molecule has 3 rings (SSSR count). The number of rotatable bonds is 3. The molecule has 0 amide bonds. The Morgan fingerprint density at radius 1 is 0.947 bits per heavy atom. The van der Waals surface area contributed by atoms with Gasteiger partial charge in [-0.2, -0.15) is 0 Å². The van der Waals surface area contributed by atoms with E-state index in [2.05, 4.69) is 4.98 Å². The van der Waals surface area contributed by atoms with E-state index in [1.54, 1.807) is 24.4 Å². The Hall–Kier alpha value is -2.42. The molecule has 0 aliphatic heterocycles. The molecule has 0 bridgehead atoms. The summed E-state index contributed by atoms with van der Waals surface area (Å²) in [5.41, 5.74) is 0.807. The van der Waals surface area contributed by atoms with Crippen molar-refractivity contribution >= 4 is 10.8 Å². The maximum atomic E-state index is 13.5. The first-order valence-corrected chi connectivity index (χ1v) is 6.04. The molecule has 0 aliphatic carbocycles. The summed E-state index contributed by atoms with van der Waals surface area (Å²) < 4.78 is 19.0. The molecule has 0 radical (unpaired) electrons. The van der Waals surface area contributed by atoms with E-state index in [1.165, 1.54) is 6.07 Å². The van der Waals surface area contributed by atoms with Crippen LogP contribution in [0, 0.1) is 5.82 Å². The molecule has 0 saturated carbocycles. The fourth-order valence-corrected chi connectivity index (χ4v) is 2.01. The van der Waals surface area contributed by atoms with Gasteiger partial charge in [0.2, 0.25) is 0 Å². The van der Waals surface area contributed by atoms with Crippen LogP contribution in [0.5, 0.6) is 5.75 Å². The predicted molar refractivity (Wildman–Crippen MR) is 72.5 cm³/mol. The minimum absolute atomic E-state index is 0.247. The van der Waals surface area contributed by atoms with E-state index in [1.807, 2.05) is 30.3 Å². The Balaban J connectivity index is 1.88. The van der Waals surface area contributed by atoms with Crippen LogP contribution in [0.2, 0.25) is 0 Å². The lowest BCUT2D eigenvalue weighted by Crippen LogP contribution is -2.00. The zero-order valence-electron chi connectivity index (χ0n) is 10.2. The lowest BCUT2D eigenvalue weighted by Gasteiger charge is -2.08. The first-order chi connectivity index (χ1) is 9.34. The van der Waals surface area contributed by atoms with E-state index in [9.17, 15) is 4.39 Å². The number of nitrogens with zero attached hydrogens (tertiary/aromatic N) is 1. The van der Waals surface area contributed by atoms with Crippen molar-refractivity contribution in [3.8, 4) is 5.75 Å². The van der Waals surface area contributed by atoms with Crippen molar-refractivity contribution in [1.29, 1.82) is 0 Å². The summed E-state index contributed by atoms with van der Waals surface area (Å²) in [6.07, 6.45) is 1.74. The van der Waals surface area contributed by atoms with Gasteiger partial charge in [-0.05, 0) is 23.6 Å². The topological polar surface area (TPSA) is 22.1 Å². The monoisotopic (exact) mass is 253 g/mol. The Morgan fingerprint density at radius 2 is 1.74 bits per heavy atom. The molecule has 0 saturated heterocycles. The third-order valence-corrected chi connectivity index (χ3v) is 2.96. The number of fused-ring (bicyclic) bond motifs is 1. The second kappa shape index (κ2) is 5.06. The van der Waals surface area contributed by atoms with Gasteiger partial charge in [0.15, 0.2) is 11.6 Å². The Kier molecular flexibility index (Phi) is 3.11. The molecule has 1 aromatic heterocycles. The smallest absolute Gasteiger partial charge is 0.165 e. The lowest BCUT2D eigenvalue weighted by molar-refractivity contribution is 0.287. The van der Waals surface area contributed by atoms with Crippen molar-refractivity contribution in [2.24, 2.45) is 0 Å². The number of hydrogen-bond donors (Lipinski definition) is 0. The highest BCUT2D eigenvalue weighted by Gasteiger charge is 2.05. The van der Waals surface area contributed by atoms with Crippen LogP contribution in [-0.4, -0.2) is 4.98 Å². The van der Waals surface area contributed by atoms with E-state index in [0.717, 1.165) is 16.5 Å². The number of hydrogen-bond acceptors (Lipinski definition) is 2. The van der Waals surface area contributed by atoms with E-state index in [-0.39, 0.29) is 18.2 Å². The molecule has 1 heterocycles. The highest BCUT2D eigenvalue weighted by Crippen LogP contribution is 2.20. The number of pyridine rings is 1. The maximum absolute atomic E-state index is 13.5. The Bertz CT molecular complexity index is 706. The number of para-hydroxylation sites is 1. The van der Waals surface area contributed by atoms with Gasteiger partial charge >= 0.3 is 0 Å². The molecule has 2 nitrogen and oxygen atoms in total. The van der Waals surface area contributed by atoms with Gasteiger partial charge in [-0.15, -0.1) is 0 Å². The lowest BCUT2D eigenvalue weighted by atomic mass is 10.1. The second-order valence-electron chi connectivity index (χ2n) is 4.20. The van der Waals surface area contributed by atoms with E-state index >= 15 is 0 Å². The van der Waals surface area contributed by atoms with Crippen LogP contribution in [0.15, 0.2) is 60.8 Å². The summed E-state index contributed by atoms with van der Waals surface area (Å²) in [5.74, 6) is -0.111. The van der Waals surface area contributed by atoms with Crippen LogP contribution >= 0.6 is 0 Å². The molecule has 94 valence electrons. The average molecular weight is 253 g/mol. The van der Waals surface area contributed by atoms with Gasteiger partial charge in [0.1, 0.15) is 6.61 Å². The van der Waals surface area contributed by atoms with Crippen LogP contribution in [0.1, 0.15) is 5.69 Å². The highest BCUT2D eigenvalue weighted by molar-refractivity contribution is 5.84. The van der Waals surface area contributed by atoms with Crippen molar-refractivity contribution in [3.63, 3.8) is 0 Å². The van der Waals surface area contributed by atoms with E-state index < -0.39 is 0 Å². The van der Waals surface area contributed by atoms with Gasteiger partial charge in [0, 0.05) is 11.6 Å². The van der Waals surface area contributed by atoms with Crippen LogP contribution < -0.4 is 4.74 Å². The number of benzene rings is 2. The minimum Gasteiger partial charge on any atom is -0.484 e. The number of ether oxygens (including phenoxy) is 1. The highest BCUT2D eigenvalue weighted by atomic mass is 19.1. The maximum Gasteiger partial charge on any atom is 0.165 e. The standard InChI is InChI=1S/C16H12FNO/c17-14-7-3-4-8-16(14)19-11-15-13-6-2-1-5-12(13)9-10-18-15/h1-10H,11H2. The summed E-state index contributed by atoms with van der Waals surface area (Å²) in [7, 11) is 0. The minimum atomic E-state index is -0.359. The first-order valence-electron chi connectivity index (χ1n) is 6.04. The molecule has 3 heteroatoms. The molecule has 3 aromatic rings. The third kappa shape index (κ3) is 2.40. The molecule has 0 fully saturated rings. The molecular formula is C16H12FNO. The van der Waals surface area contributed by atoms with Crippen molar-refractivity contribution in [2.75, 3.05) is 0 Å². The van der Waals surface area contributed by atoms with E-state index in [4.69, 9.17) is 4.74 Å².